The van der Waals surface area contributed by atoms with Crippen molar-refractivity contribution in [2.24, 2.45) is 0 Å². The van der Waals surface area contributed by atoms with Crippen molar-refractivity contribution in [3.05, 3.63) is 60.7 Å². The van der Waals surface area contributed by atoms with Crippen LogP contribution in [-0.4, -0.2) is 4.05 Å². The van der Waals surface area contributed by atoms with Gasteiger partial charge in [-0.05, 0) is 0 Å². The summed E-state index contributed by atoms with van der Waals surface area (Å²) >= 11 is 0. The van der Waals surface area contributed by atoms with Crippen molar-refractivity contribution in [3.63, 3.8) is 0 Å². The van der Waals surface area contributed by atoms with E-state index in [1.807, 2.05) is 0 Å². The maximum atomic E-state index is 2.50. The van der Waals surface area contributed by atoms with E-state index in [9.17, 15) is 0 Å². The summed E-state index contributed by atoms with van der Waals surface area (Å²) in [5.41, 5.74) is 0. The molecule has 0 aliphatic carbocycles. The topological polar surface area (TPSA) is 0 Å². The van der Waals surface area contributed by atoms with Crippen LogP contribution in [0.25, 0.3) is 0 Å². The molecule has 27 heavy (non-hydrogen) atoms. The first-order chi connectivity index (χ1) is 11.6. The second-order valence-corrected chi connectivity index (χ2v) is 39.0. The van der Waals surface area contributed by atoms with E-state index in [0.29, 0.717) is 0 Å². The van der Waals surface area contributed by atoms with Gasteiger partial charge in [0, 0.05) is 0 Å². The van der Waals surface area contributed by atoms with Gasteiger partial charge in [0.2, 0.25) is 0 Å². The summed E-state index contributed by atoms with van der Waals surface area (Å²) in [5.74, 6) is 0. The summed E-state index contributed by atoms with van der Waals surface area (Å²) in [7, 11) is -0.0683. The van der Waals surface area contributed by atoms with Crippen molar-refractivity contribution in [1.82, 2.24) is 0 Å². The Morgan fingerprint density at radius 3 is 1.22 bits per heavy atom. The zero-order valence-corrected chi connectivity index (χ0v) is 19.4. The Balaban J connectivity index is 0.000000408. The minimum atomic E-state index is -3.05. The van der Waals surface area contributed by atoms with E-state index in [0.717, 1.165) is 4.05 Å². The fourth-order valence-corrected chi connectivity index (χ4v) is 107. The van der Waals surface area contributed by atoms with Gasteiger partial charge in [-0.2, -0.15) is 0 Å². The molecule has 0 bridgehead atoms. The number of rotatable bonds is 3. The molecular weight excluding hydrogens is 528 g/mol. The molecule has 10 aliphatic heterocycles. The molecule has 10 saturated heterocycles. The van der Waals surface area contributed by atoms with Gasteiger partial charge in [-0.1, -0.05) is 0 Å². The molecule has 2 aromatic carbocycles. The van der Waals surface area contributed by atoms with Crippen LogP contribution < -0.4 is 35.4 Å². The molecule has 0 aromatic heterocycles. The Kier molecular flexibility index (Phi) is 1.05. The van der Waals surface area contributed by atoms with Gasteiger partial charge in [0.05, 0.1) is 0 Å². The first-order valence-electron chi connectivity index (χ1n) is 9.75. The number of halogens is 2. The average Bonchev–Trinajstić information content (AvgIpc) is 3.57. The molecule has 5 heteroatoms. The molecule has 144 valence electrons. The van der Waals surface area contributed by atoms with E-state index in [1.54, 1.807) is 10.6 Å². The third-order valence-electron chi connectivity index (χ3n) is 17.0. The van der Waals surface area contributed by atoms with Gasteiger partial charge in [-0.15, -0.1) is 0 Å². The van der Waals surface area contributed by atoms with E-state index in [1.165, 1.54) is 43.3 Å². The van der Waals surface area contributed by atoms with Crippen molar-refractivity contribution in [3.8, 4) is 0 Å². The van der Waals surface area contributed by atoms with Crippen LogP contribution in [0.3, 0.4) is 0 Å². The summed E-state index contributed by atoms with van der Waals surface area (Å²) < 4.78 is 0.983. The van der Waals surface area contributed by atoms with Crippen LogP contribution in [0, 0.1) is 0 Å². The van der Waals surface area contributed by atoms with Crippen molar-refractivity contribution >= 4 is 18.5 Å². The number of benzene rings is 2. The predicted octanol–water partition coefficient (Wildman–Crippen LogP) is -0.578. The minimum absolute atomic E-state index is 0. The Bertz CT molecular complexity index is 1330. The zero-order valence-electron chi connectivity index (χ0n) is 14.3. The Morgan fingerprint density at radius 2 is 0.963 bits per heavy atom. The molecule has 0 nitrogen and oxygen atoms in total. The first kappa shape index (κ1) is 15.4. The van der Waals surface area contributed by atoms with Gasteiger partial charge in [0.15, 0.2) is 0 Å². The van der Waals surface area contributed by atoms with Crippen LogP contribution in [0.2, 0.25) is 43.3 Å². The van der Waals surface area contributed by atoms with E-state index >= 15 is 0 Å². The van der Waals surface area contributed by atoms with Crippen LogP contribution in [-0.2, 0) is 26.9 Å². The van der Waals surface area contributed by atoms with Crippen molar-refractivity contribution in [1.29, 1.82) is 0 Å². The predicted molar refractivity (Wildman–Crippen MR) is 95.6 cm³/mol. The first-order valence-corrected chi connectivity index (χ1v) is 17.4. The van der Waals surface area contributed by atoms with Crippen LogP contribution in [0.15, 0.2) is 60.7 Å². The molecule has 12 rings (SSSR count). The summed E-state index contributed by atoms with van der Waals surface area (Å²) in [5, 5.41) is 3.48. The maximum absolute atomic E-state index is 3.05. The fraction of sp³-hybridized carbons (Fsp3) is 0.455. The molecule has 0 radical (unpaired) electrons. The Morgan fingerprint density at radius 1 is 0.593 bits per heavy atom. The summed E-state index contributed by atoms with van der Waals surface area (Å²) in [6.45, 7) is -3.05. The molecule has 0 N–H and O–H groups in total. The normalized spacial score (nSPS) is 78.0. The second-order valence-electron chi connectivity index (χ2n) is 12.6. The van der Waals surface area contributed by atoms with Gasteiger partial charge < -0.3 is 24.8 Å². The summed E-state index contributed by atoms with van der Waals surface area (Å²) in [6.07, 6.45) is 0. The fourth-order valence-electron chi connectivity index (χ4n) is 18.4. The van der Waals surface area contributed by atoms with Crippen LogP contribution in [0.1, 0.15) is 0 Å². The monoisotopic (exact) mass is 546 g/mol. The number of hydrogen-bond donors (Lipinski definition) is 0. The van der Waals surface area contributed by atoms with Crippen molar-refractivity contribution in [2.45, 2.75) is 47.4 Å². The molecule has 10 aliphatic rings. The number of hydrogen-bond acceptors (Lipinski definition) is 0. The quantitative estimate of drug-likeness (QED) is 0.357. The zero-order chi connectivity index (χ0) is 14.8. The second kappa shape index (κ2) is 1.84. The van der Waals surface area contributed by atoms with E-state index in [-0.39, 0.29) is 53.2 Å². The van der Waals surface area contributed by atoms with Crippen LogP contribution >= 0.6 is 7.92 Å². The molecule has 4 atom stereocenters. The van der Waals surface area contributed by atoms with Crippen molar-refractivity contribution < 1.29 is 51.7 Å². The Hall–Kier alpha value is 0.632. The van der Waals surface area contributed by atoms with Gasteiger partial charge in [0.25, 0.3) is 0 Å². The van der Waals surface area contributed by atoms with Crippen LogP contribution in [0.4, 0.5) is 0 Å². The molecule has 4 unspecified atom stereocenters. The molecule has 0 amide bonds. The van der Waals surface area contributed by atoms with E-state index in [2.05, 4.69) is 60.7 Å². The SMILES string of the molecule is [Cl-].[Cl-].[Pd+2].c1ccc(P(c2ccccc2)[C]23[CH]4[CH]5[CH]6[CH]2[Fe]56432789[CH]3[CH]2[CH]7[CH]8[CH]39)cc1. The van der Waals surface area contributed by atoms with Gasteiger partial charge in [0.1, 0.15) is 0 Å². The molecule has 0 saturated carbocycles. The molecule has 10 fully saturated rings. The standard InChI is InChI=1S/C17H14P.C5H5.2ClH.Fe.Pd/c1-3-9-15(10-4-1)18(17-13-7-8-14-17)16-11-5-2-6-12-16;1-2-4-5-3-1;;;;/h1-14H;1-5H;2*1H;;/q;;;;;+2/p-2. The number of fused-ring (bicyclic) bond motifs is 10. The molecule has 2 aromatic rings. The van der Waals surface area contributed by atoms with Crippen LogP contribution in [0.5, 0.6) is 0 Å². The van der Waals surface area contributed by atoms with Crippen molar-refractivity contribution in [2.75, 3.05) is 0 Å². The van der Waals surface area contributed by atoms with Gasteiger partial charge in [-0.25, -0.2) is 0 Å². The van der Waals surface area contributed by atoms with E-state index < -0.39 is 6.51 Å². The molecular formula is C22H19Cl2FePPd. The third kappa shape index (κ3) is 0.272. The molecule has 1 spiro atoms. The summed E-state index contributed by atoms with van der Waals surface area (Å²) in [6, 6.07) is 23.7. The summed E-state index contributed by atoms with van der Waals surface area (Å²) in [4.78, 5) is 12.9. The Labute approximate surface area is 177 Å². The molecule has 10 heterocycles. The van der Waals surface area contributed by atoms with E-state index in [4.69, 9.17) is 0 Å². The van der Waals surface area contributed by atoms with Gasteiger partial charge in [-0.3, -0.25) is 0 Å². The van der Waals surface area contributed by atoms with Gasteiger partial charge >= 0.3 is 154 Å². The third-order valence-corrected chi connectivity index (χ3v) is 66.3. The average molecular weight is 548 g/mol.